The van der Waals surface area contributed by atoms with Crippen molar-refractivity contribution in [3.63, 3.8) is 0 Å². The highest BCUT2D eigenvalue weighted by Crippen LogP contribution is 2.46. The second-order valence-corrected chi connectivity index (χ2v) is 9.26. The van der Waals surface area contributed by atoms with Crippen LogP contribution in [0.1, 0.15) is 42.2 Å². The van der Waals surface area contributed by atoms with Crippen molar-refractivity contribution in [2.75, 3.05) is 26.2 Å². The number of likely N-dealkylation sites (tertiary alicyclic amines) is 1. The summed E-state index contributed by atoms with van der Waals surface area (Å²) in [5.74, 6) is 0.127. The van der Waals surface area contributed by atoms with E-state index in [0.717, 1.165) is 35.5 Å². The van der Waals surface area contributed by atoms with E-state index < -0.39 is 0 Å². The van der Waals surface area contributed by atoms with Crippen molar-refractivity contribution in [2.45, 2.75) is 31.1 Å². The van der Waals surface area contributed by atoms with Gasteiger partial charge < -0.3 is 9.80 Å². The van der Waals surface area contributed by atoms with Gasteiger partial charge in [-0.15, -0.1) is 0 Å². The summed E-state index contributed by atoms with van der Waals surface area (Å²) in [5, 5.41) is 0.696. The smallest absolute Gasteiger partial charge is 0.261 e. The lowest BCUT2D eigenvalue weighted by atomic mass is 10.1. The molecule has 1 amide bonds. The summed E-state index contributed by atoms with van der Waals surface area (Å²) in [7, 11) is 0. The molecular weight excluding hydrogens is 400 g/mol. The molecule has 2 heterocycles. The van der Waals surface area contributed by atoms with Gasteiger partial charge in [-0.2, -0.15) is 0 Å². The van der Waals surface area contributed by atoms with Gasteiger partial charge in [0, 0.05) is 11.6 Å². The molecular formula is C24H27ClN2OS. The number of hydrogen-bond donors (Lipinski definition) is 0. The van der Waals surface area contributed by atoms with Gasteiger partial charge in [-0.1, -0.05) is 72.2 Å². The van der Waals surface area contributed by atoms with Crippen molar-refractivity contribution in [3.8, 4) is 0 Å². The van der Waals surface area contributed by atoms with E-state index in [4.69, 9.17) is 11.6 Å². The standard InChI is InChI=1S/C24H27ClN2OS/c25-21-12-7-11-20(18-21)24-27(16-8-15-26-13-5-2-6-14-26)23(28)22(29-24)17-19-9-3-1-4-10-19/h1,3-4,7,9-12,17-18,24H,2,5-6,8,13-16H2/b22-17+. The van der Waals surface area contributed by atoms with Gasteiger partial charge in [-0.05, 0) is 68.2 Å². The average molecular weight is 427 g/mol. The Morgan fingerprint density at radius 2 is 1.79 bits per heavy atom. The number of amides is 1. The summed E-state index contributed by atoms with van der Waals surface area (Å²) >= 11 is 7.88. The number of carbonyl (C=O) groups is 1. The highest BCUT2D eigenvalue weighted by Gasteiger charge is 2.36. The number of rotatable bonds is 6. The van der Waals surface area contributed by atoms with Crippen LogP contribution in [0.2, 0.25) is 5.02 Å². The Labute approximate surface area is 182 Å². The minimum atomic E-state index is -0.0162. The van der Waals surface area contributed by atoms with E-state index in [1.54, 1.807) is 11.8 Å². The molecule has 5 heteroatoms. The largest absolute Gasteiger partial charge is 0.322 e. The zero-order valence-electron chi connectivity index (χ0n) is 16.6. The third-order valence-electron chi connectivity index (χ3n) is 5.55. The summed E-state index contributed by atoms with van der Waals surface area (Å²) in [6, 6.07) is 18.0. The van der Waals surface area contributed by atoms with Crippen molar-refractivity contribution in [3.05, 3.63) is 75.7 Å². The second-order valence-electron chi connectivity index (χ2n) is 7.70. The molecule has 2 fully saturated rings. The van der Waals surface area contributed by atoms with Crippen LogP contribution < -0.4 is 0 Å². The molecule has 1 atom stereocenters. The van der Waals surface area contributed by atoms with Gasteiger partial charge in [0.15, 0.2) is 0 Å². The molecule has 0 radical (unpaired) electrons. The van der Waals surface area contributed by atoms with E-state index in [9.17, 15) is 4.79 Å². The average Bonchev–Trinajstić information content (AvgIpc) is 3.05. The van der Waals surface area contributed by atoms with Crippen molar-refractivity contribution < 1.29 is 4.79 Å². The lowest BCUT2D eigenvalue weighted by Gasteiger charge is -2.28. The summed E-state index contributed by atoms with van der Waals surface area (Å²) in [6.45, 7) is 4.22. The van der Waals surface area contributed by atoms with Crippen molar-refractivity contribution in [2.24, 2.45) is 0 Å². The van der Waals surface area contributed by atoms with Crippen LogP contribution in [0, 0.1) is 0 Å². The van der Waals surface area contributed by atoms with E-state index in [2.05, 4.69) is 11.0 Å². The van der Waals surface area contributed by atoms with Crippen LogP contribution >= 0.6 is 23.4 Å². The van der Waals surface area contributed by atoms with E-state index in [1.807, 2.05) is 59.5 Å². The molecule has 0 spiro atoms. The third-order valence-corrected chi connectivity index (χ3v) is 7.08. The molecule has 2 saturated heterocycles. The molecule has 0 bridgehead atoms. The number of thioether (sulfide) groups is 1. The highest BCUT2D eigenvalue weighted by molar-refractivity contribution is 8.04. The SMILES string of the molecule is O=C1/C(=C\c2ccccc2)SC(c2cccc(Cl)c2)N1CCCN1CCCCC1. The van der Waals surface area contributed by atoms with Gasteiger partial charge >= 0.3 is 0 Å². The van der Waals surface area contributed by atoms with Crippen LogP contribution in [-0.4, -0.2) is 41.9 Å². The van der Waals surface area contributed by atoms with E-state index in [0.29, 0.717) is 5.02 Å². The van der Waals surface area contributed by atoms with Crippen LogP contribution in [0.5, 0.6) is 0 Å². The molecule has 1 unspecified atom stereocenters. The normalized spacial score (nSPS) is 21.8. The predicted molar refractivity (Wildman–Crippen MR) is 123 cm³/mol. The first-order chi connectivity index (χ1) is 14.2. The quantitative estimate of drug-likeness (QED) is 0.543. The first kappa shape index (κ1) is 20.5. The van der Waals surface area contributed by atoms with E-state index in [-0.39, 0.29) is 11.3 Å². The molecule has 4 rings (SSSR count). The number of nitrogens with zero attached hydrogens (tertiary/aromatic N) is 2. The molecule has 29 heavy (non-hydrogen) atoms. The third kappa shape index (κ3) is 5.25. The highest BCUT2D eigenvalue weighted by atomic mass is 35.5. The Bertz CT molecular complexity index is 864. The first-order valence-corrected chi connectivity index (χ1v) is 11.7. The molecule has 152 valence electrons. The molecule has 2 aliphatic rings. The van der Waals surface area contributed by atoms with Crippen molar-refractivity contribution in [1.29, 1.82) is 0 Å². The van der Waals surface area contributed by atoms with Gasteiger partial charge in [-0.25, -0.2) is 0 Å². The molecule has 2 aromatic carbocycles. The Morgan fingerprint density at radius 3 is 2.55 bits per heavy atom. The fourth-order valence-electron chi connectivity index (χ4n) is 4.05. The van der Waals surface area contributed by atoms with Crippen molar-refractivity contribution >= 4 is 35.3 Å². The number of halogens is 1. The Balaban J connectivity index is 1.51. The minimum absolute atomic E-state index is 0.0162. The van der Waals surface area contributed by atoms with Crippen LogP contribution in [0.15, 0.2) is 59.5 Å². The summed E-state index contributed by atoms with van der Waals surface area (Å²) in [6.07, 6.45) is 6.96. The maximum Gasteiger partial charge on any atom is 0.261 e. The maximum absolute atomic E-state index is 13.3. The molecule has 0 aromatic heterocycles. The van der Waals surface area contributed by atoms with Crippen LogP contribution in [-0.2, 0) is 4.79 Å². The van der Waals surface area contributed by atoms with Gasteiger partial charge in [0.1, 0.15) is 5.37 Å². The first-order valence-electron chi connectivity index (χ1n) is 10.4. The Hall–Kier alpha value is -1.75. The summed E-state index contributed by atoms with van der Waals surface area (Å²) in [4.78, 5) is 18.6. The lowest BCUT2D eigenvalue weighted by Crippen LogP contribution is -2.34. The Kier molecular flexibility index (Phi) is 6.96. The minimum Gasteiger partial charge on any atom is -0.322 e. The molecule has 0 saturated carbocycles. The maximum atomic E-state index is 13.3. The monoisotopic (exact) mass is 426 g/mol. The number of carbonyl (C=O) groups excluding carboxylic acids is 1. The molecule has 0 N–H and O–H groups in total. The Morgan fingerprint density at radius 1 is 1.00 bits per heavy atom. The van der Waals surface area contributed by atoms with Gasteiger partial charge in [-0.3, -0.25) is 4.79 Å². The van der Waals surface area contributed by atoms with Gasteiger partial charge in [0.05, 0.1) is 4.91 Å². The van der Waals surface area contributed by atoms with Crippen molar-refractivity contribution in [1.82, 2.24) is 9.80 Å². The zero-order valence-corrected chi connectivity index (χ0v) is 18.2. The fraction of sp³-hybridized carbons (Fsp3) is 0.375. The van der Waals surface area contributed by atoms with Crippen LogP contribution in [0.3, 0.4) is 0 Å². The number of piperidine rings is 1. The second kappa shape index (κ2) is 9.84. The molecule has 0 aliphatic carbocycles. The van der Waals surface area contributed by atoms with Gasteiger partial charge in [0.25, 0.3) is 5.91 Å². The number of hydrogen-bond acceptors (Lipinski definition) is 3. The fourth-order valence-corrected chi connectivity index (χ4v) is 5.53. The van der Waals surface area contributed by atoms with Gasteiger partial charge in [0.2, 0.25) is 0 Å². The van der Waals surface area contributed by atoms with E-state index >= 15 is 0 Å². The van der Waals surface area contributed by atoms with Crippen LogP contribution in [0.4, 0.5) is 0 Å². The van der Waals surface area contributed by atoms with E-state index in [1.165, 1.54) is 32.4 Å². The summed E-state index contributed by atoms with van der Waals surface area (Å²) < 4.78 is 0. The lowest BCUT2D eigenvalue weighted by molar-refractivity contribution is -0.126. The molecule has 2 aliphatic heterocycles. The number of benzene rings is 2. The predicted octanol–water partition coefficient (Wildman–Crippen LogP) is 5.83. The molecule has 3 nitrogen and oxygen atoms in total. The van der Waals surface area contributed by atoms with Crippen LogP contribution in [0.25, 0.3) is 6.08 Å². The summed E-state index contributed by atoms with van der Waals surface area (Å²) in [5.41, 5.74) is 2.15. The molecule has 2 aromatic rings. The zero-order chi connectivity index (χ0) is 20.1. The topological polar surface area (TPSA) is 23.6 Å².